The number of amides is 1. The molecule has 9 heteroatoms. The lowest BCUT2D eigenvalue weighted by molar-refractivity contribution is -0.177. The Hall–Kier alpha value is -2.81. The highest BCUT2D eigenvalue weighted by molar-refractivity contribution is 8.00. The summed E-state index contributed by atoms with van der Waals surface area (Å²) in [6.07, 6.45) is 0. The van der Waals surface area contributed by atoms with E-state index in [-0.39, 0.29) is 18.1 Å². The number of β-lactam (4-membered cyclic amide) rings is 1. The largest absolute Gasteiger partial charge is 0.477 e. The zero-order valence-electron chi connectivity index (χ0n) is 14.6. The molecular formula is C18H17NO7S. The number of aliphatic carboxylic acids is 1. The number of carbonyl (C=O) groups is 4. The maximum atomic E-state index is 12.9. The molecule has 0 spiro atoms. The maximum Gasteiger partial charge on any atom is 0.352 e. The molecule has 1 aromatic rings. The van der Waals surface area contributed by atoms with Crippen LogP contribution in [0, 0.1) is 0 Å². The van der Waals surface area contributed by atoms with E-state index in [0.29, 0.717) is 11.3 Å². The number of thioether (sulfide) groups is 1. The number of carboxylic acids is 1. The number of esters is 1. The topological polar surface area (TPSA) is 110 Å². The number of benzene rings is 1. The Balaban J connectivity index is 1.96. The van der Waals surface area contributed by atoms with Crippen molar-refractivity contribution in [2.24, 2.45) is 0 Å². The first-order valence-corrected chi connectivity index (χ1v) is 9.13. The van der Waals surface area contributed by atoms with Crippen LogP contribution >= 0.6 is 11.8 Å². The predicted octanol–water partition coefficient (Wildman–Crippen LogP) is 1.21. The molecule has 0 saturated carbocycles. The first kappa shape index (κ1) is 19.0. The van der Waals surface area contributed by atoms with E-state index in [1.165, 1.54) is 25.6 Å². The minimum Gasteiger partial charge on any atom is -0.477 e. The van der Waals surface area contributed by atoms with Gasteiger partial charge in [0.05, 0.1) is 0 Å². The molecule has 2 aliphatic rings. The number of carbonyl (C=O) groups excluding carboxylic acids is 3. The van der Waals surface area contributed by atoms with Gasteiger partial charge in [-0.25, -0.2) is 4.79 Å². The number of fused-ring (bicyclic) bond motifs is 1. The lowest BCUT2D eigenvalue weighted by Gasteiger charge is -2.54. The smallest absolute Gasteiger partial charge is 0.352 e. The van der Waals surface area contributed by atoms with E-state index in [4.69, 9.17) is 9.47 Å². The molecule has 0 bridgehead atoms. The number of ether oxygens (including phenoxy) is 2. The zero-order valence-corrected chi connectivity index (χ0v) is 15.4. The molecule has 1 N–H and O–H groups in total. The van der Waals surface area contributed by atoms with Gasteiger partial charge in [0.1, 0.15) is 23.4 Å². The number of hydrogen-bond acceptors (Lipinski definition) is 7. The SMILES string of the molecule is CC(=O)OCC1=C(C(=O)O)N2C(=O)C(Oc3ccccc3)(C(C)=O)[C@@H]2SC1. The molecule has 27 heavy (non-hydrogen) atoms. The van der Waals surface area contributed by atoms with Gasteiger partial charge in [-0.05, 0) is 19.1 Å². The number of ketones is 1. The van der Waals surface area contributed by atoms with Crippen molar-refractivity contribution in [2.45, 2.75) is 24.8 Å². The van der Waals surface area contributed by atoms with Gasteiger partial charge in [-0.15, -0.1) is 11.8 Å². The number of carboxylic acid groups (broad SMARTS) is 1. The number of rotatable bonds is 6. The molecule has 0 radical (unpaired) electrons. The van der Waals surface area contributed by atoms with Crippen LogP contribution in [0.4, 0.5) is 0 Å². The lowest BCUT2D eigenvalue weighted by Crippen LogP contribution is -2.79. The minimum atomic E-state index is -1.78. The van der Waals surface area contributed by atoms with Crippen LogP contribution in [0.1, 0.15) is 13.8 Å². The van der Waals surface area contributed by atoms with E-state index >= 15 is 0 Å². The van der Waals surface area contributed by atoms with Crippen molar-refractivity contribution in [3.05, 3.63) is 41.6 Å². The van der Waals surface area contributed by atoms with Gasteiger partial charge in [0, 0.05) is 18.2 Å². The molecule has 2 heterocycles. The molecule has 1 fully saturated rings. The molecule has 3 rings (SSSR count). The van der Waals surface area contributed by atoms with Gasteiger partial charge < -0.3 is 14.6 Å². The summed E-state index contributed by atoms with van der Waals surface area (Å²) in [5.74, 6) is -2.59. The van der Waals surface area contributed by atoms with E-state index in [1.807, 2.05) is 0 Å². The second-order valence-corrected chi connectivity index (χ2v) is 7.15. The second kappa shape index (κ2) is 7.07. The Morgan fingerprint density at radius 1 is 1.26 bits per heavy atom. The quantitative estimate of drug-likeness (QED) is 0.438. The highest BCUT2D eigenvalue weighted by Gasteiger charge is 2.70. The summed E-state index contributed by atoms with van der Waals surface area (Å²) < 4.78 is 10.7. The van der Waals surface area contributed by atoms with E-state index in [1.54, 1.807) is 30.3 Å². The fourth-order valence-electron chi connectivity index (χ4n) is 3.05. The van der Waals surface area contributed by atoms with Crippen LogP contribution in [0.3, 0.4) is 0 Å². The Morgan fingerprint density at radius 2 is 1.93 bits per heavy atom. The normalized spacial score (nSPS) is 24.0. The standard InChI is InChI=1S/C18H17NO7S/c1-10(20)18(26-13-6-4-3-5-7-13)16(24)19-14(15(22)23)12(8-25-11(2)21)9-27-17(18)19/h3-7,17H,8-9H2,1-2H3,(H,22,23)/t17-,18?/m0/s1. The van der Waals surface area contributed by atoms with Crippen LogP contribution in [0.25, 0.3) is 0 Å². The molecule has 1 saturated heterocycles. The number of hydrogen-bond donors (Lipinski definition) is 1. The Bertz CT molecular complexity index is 851. The highest BCUT2D eigenvalue weighted by atomic mass is 32.2. The van der Waals surface area contributed by atoms with E-state index in [2.05, 4.69) is 0 Å². The van der Waals surface area contributed by atoms with Crippen molar-refractivity contribution in [2.75, 3.05) is 12.4 Å². The van der Waals surface area contributed by atoms with Crippen LogP contribution in [-0.2, 0) is 23.9 Å². The molecular weight excluding hydrogens is 374 g/mol. The highest BCUT2D eigenvalue weighted by Crippen LogP contribution is 2.48. The third kappa shape index (κ3) is 3.08. The summed E-state index contributed by atoms with van der Waals surface area (Å²) in [6.45, 7) is 2.23. The third-order valence-corrected chi connectivity index (χ3v) is 5.68. The van der Waals surface area contributed by atoms with Crippen LogP contribution in [0.2, 0.25) is 0 Å². The van der Waals surface area contributed by atoms with Gasteiger partial charge in [0.15, 0.2) is 5.78 Å². The Labute approximate surface area is 159 Å². The van der Waals surface area contributed by atoms with Crippen LogP contribution in [0.15, 0.2) is 41.6 Å². The van der Waals surface area contributed by atoms with E-state index < -0.39 is 34.6 Å². The van der Waals surface area contributed by atoms with Crippen molar-refractivity contribution in [1.29, 1.82) is 0 Å². The second-order valence-electron chi connectivity index (χ2n) is 6.08. The number of para-hydroxylation sites is 1. The predicted molar refractivity (Wildman–Crippen MR) is 94.9 cm³/mol. The summed E-state index contributed by atoms with van der Waals surface area (Å²) in [6, 6.07) is 8.42. The molecule has 2 aliphatic heterocycles. The summed E-state index contributed by atoms with van der Waals surface area (Å²) in [5.41, 5.74) is -1.75. The fraction of sp³-hybridized carbons (Fsp3) is 0.333. The fourth-order valence-corrected chi connectivity index (χ4v) is 4.53. The van der Waals surface area contributed by atoms with Crippen molar-refractivity contribution < 1.29 is 33.8 Å². The number of nitrogens with zero attached hydrogens (tertiary/aromatic N) is 1. The van der Waals surface area contributed by atoms with Gasteiger partial charge >= 0.3 is 11.9 Å². The summed E-state index contributed by atoms with van der Waals surface area (Å²) in [7, 11) is 0. The van der Waals surface area contributed by atoms with Crippen LogP contribution in [-0.4, -0.2) is 57.0 Å². The monoisotopic (exact) mass is 391 g/mol. The van der Waals surface area contributed by atoms with Gasteiger partial charge in [-0.3, -0.25) is 19.3 Å². The zero-order chi connectivity index (χ0) is 19.8. The molecule has 8 nitrogen and oxygen atoms in total. The lowest BCUT2D eigenvalue weighted by atomic mass is 9.86. The molecule has 0 aromatic heterocycles. The summed E-state index contributed by atoms with van der Waals surface area (Å²) >= 11 is 1.20. The summed E-state index contributed by atoms with van der Waals surface area (Å²) in [5, 5.41) is 8.77. The third-order valence-electron chi connectivity index (χ3n) is 4.31. The maximum absolute atomic E-state index is 12.9. The molecule has 0 aliphatic carbocycles. The first-order valence-electron chi connectivity index (χ1n) is 8.08. The van der Waals surface area contributed by atoms with Crippen molar-refractivity contribution in [3.8, 4) is 5.75 Å². The van der Waals surface area contributed by atoms with Crippen LogP contribution < -0.4 is 4.74 Å². The Kier molecular flexibility index (Phi) is 4.97. The van der Waals surface area contributed by atoms with Crippen molar-refractivity contribution >= 4 is 35.4 Å². The Morgan fingerprint density at radius 3 is 2.48 bits per heavy atom. The average Bonchev–Trinajstić information content (AvgIpc) is 2.63. The van der Waals surface area contributed by atoms with Crippen molar-refractivity contribution in [1.82, 2.24) is 4.90 Å². The van der Waals surface area contributed by atoms with E-state index in [9.17, 15) is 24.3 Å². The van der Waals surface area contributed by atoms with Gasteiger partial charge in [-0.1, -0.05) is 18.2 Å². The van der Waals surface area contributed by atoms with Crippen molar-refractivity contribution in [3.63, 3.8) is 0 Å². The first-order chi connectivity index (χ1) is 12.8. The van der Waals surface area contributed by atoms with Gasteiger partial charge in [0.2, 0.25) is 0 Å². The van der Waals surface area contributed by atoms with Gasteiger partial charge in [-0.2, -0.15) is 0 Å². The number of Topliss-reactive ketones (excluding diaryl/α,β-unsaturated/α-hetero) is 1. The molecule has 2 atom stereocenters. The molecule has 1 amide bonds. The molecule has 142 valence electrons. The van der Waals surface area contributed by atoms with E-state index in [0.717, 1.165) is 4.90 Å². The van der Waals surface area contributed by atoms with Crippen LogP contribution in [0.5, 0.6) is 5.75 Å². The van der Waals surface area contributed by atoms with Gasteiger partial charge in [0.25, 0.3) is 11.5 Å². The molecule has 1 unspecified atom stereocenters. The summed E-state index contributed by atoms with van der Waals surface area (Å²) in [4.78, 5) is 49.1. The average molecular weight is 391 g/mol. The molecule has 1 aromatic carbocycles. The minimum absolute atomic E-state index is 0.191.